The summed E-state index contributed by atoms with van der Waals surface area (Å²) in [4.78, 5) is 11.8. The predicted molar refractivity (Wildman–Crippen MR) is 62.1 cm³/mol. The molecule has 0 spiro atoms. The van der Waals surface area contributed by atoms with Crippen molar-refractivity contribution in [2.24, 2.45) is 0 Å². The number of aliphatic hydroxyl groups is 1. The van der Waals surface area contributed by atoms with Crippen molar-refractivity contribution in [1.29, 1.82) is 0 Å². The number of benzene rings is 1. The van der Waals surface area contributed by atoms with E-state index in [-0.39, 0.29) is 6.61 Å². The summed E-state index contributed by atoms with van der Waals surface area (Å²) >= 11 is 5.84. The molecule has 0 saturated heterocycles. The van der Waals surface area contributed by atoms with Gasteiger partial charge in [-0.15, -0.1) is 0 Å². The van der Waals surface area contributed by atoms with E-state index in [1.807, 2.05) is 0 Å². The normalized spacial score (nSPS) is 26.2. The molecule has 0 fully saturated rings. The van der Waals surface area contributed by atoms with E-state index in [2.05, 4.69) is 0 Å². The highest BCUT2D eigenvalue weighted by molar-refractivity contribution is 6.30. The lowest BCUT2D eigenvalue weighted by atomic mass is 9.96. The molecule has 1 aliphatic rings. The minimum absolute atomic E-state index is 0.238. The number of carbonyl (C=O) groups excluding carboxylic acids is 1. The minimum atomic E-state index is -1.40. The van der Waals surface area contributed by atoms with Gasteiger partial charge in [0.1, 0.15) is 11.9 Å². The van der Waals surface area contributed by atoms with E-state index in [9.17, 15) is 9.90 Å². The van der Waals surface area contributed by atoms with Crippen LogP contribution in [0, 0.1) is 0 Å². The monoisotopic (exact) mass is 256 g/mol. The zero-order chi connectivity index (χ0) is 12.6. The molecule has 5 heteroatoms. The van der Waals surface area contributed by atoms with Gasteiger partial charge in [0.25, 0.3) is 0 Å². The van der Waals surface area contributed by atoms with Crippen LogP contribution in [0.4, 0.5) is 0 Å². The Bertz CT molecular complexity index is 460. The molecule has 0 bridgehead atoms. The SMILES string of the molecule is CCOC(=O)C1(C)Oc2ccc(Cl)cc2C1O. The lowest BCUT2D eigenvalue weighted by molar-refractivity contribution is -0.167. The van der Waals surface area contributed by atoms with E-state index in [4.69, 9.17) is 21.1 Å². The molecule has 0 radical (unpaired) electrons. The van der Waals surface area contributed by atoms with Crippen LogP contribution in [0.1, 0.15) is 25.5 Å². The van der Waals surface area contributed by atoms with Crippen molar-refractivity contribution >= 4 is 17.6 Å². The van der Waals surface area contributed by atoms with E-state index in [0.717, 1.165) is 0 Å². The van der Waals surface area contributed by atoms with E-state index in [1.54, 1.807) is 25.1 Å². The highest BCUT2D eigenvalue weighted by Crippen LogP contribution is 2.44. The first kappa shape index (κ1) is 12.2. The van der Waals surface area contributed by atoms with Gasteiger partial charge in [-0.25, -0.2) is 4.79 Å². The van der Waals surface area contributed by atoms with Crippen molar-refractivity contribution in [1.82, 2.24) is 0 Å². The first-order valence-electron chi connectivity index (χ1n) is 5.32. The van der Waals surface area contributed by atoms with Crippen molar-refractivity contribution in [2.75, 3.05) is 6.61 Å². The molecular weight excluding hydrogens is 244 g/mol. The first-order chi connectivity index (χ1) is 7.99. The average Bonchev–Trinajstić information content (AvgIpc) is 2.54. The molecule has 2 rings (SSSR count). The summed E-state index contributed by atoms with van der Waals surface area (Å²) in [6.45, 7) is 3.44. The summed E-state index contributed by atoms with van der Waals surface area (Å²) in [5.41, 5.74) is -0.892. The van der Waals surface area contributed by atoms with Crippen LogP contribution >= 0.6 is 11.6 Å². The van der Waals surface area contributed by atoms with Crippen molar-refractivity contribution < 1.29 is 19.4 Å². The Labute approximate surface area is 104 Å². The highest BCUT2D eigenvalue weighted by atomic mass is 35.5. The Hall–Kier alpha value is -1.26. The van der Waals surface area contributed by atoms with Gasteiger partial charge in [-0.2, -0.15) is 0 Å². The second-order valence-corrected chi connectivity index (χ2v) is 4.45. The fraction of sp³-hybridized carbons (Fsp3) is 0.417. The lowest BCUT2D eigenvalue weighted by Gasteiger charge is -2.24. The molecule has 1 aromatic carbocycles. The number of rotatable bonds is 2. The van der Waals surface area contributed by atoms with Gasteiger partial charge < -0.3 is 14.6 Å². The third kappa shape index (κ3) is 1.87. The number of hydrogen-bond acceptors (Lipinski definition) is 4. The molecule has 1 heterocycles. The van der Waals surface area contributed by atoms with Crippen LogP contribution in [0.3, 0.4) is 0 Å². The number of hydrogen-bond donors (Lipinski definition) is 1. The number of esters is 1. The summed E-state index contributed by atoms with van der Waals surface area (Å²) in [5.74, 6) is -0.128. The average molecular weight is 257 g/mol. The fourth-order valence-electron chi connectivity index (χ4n) is 1.83. The van der Waals surface area contributed by atoms with Gasteiger partial charge >= 0.3 is 5.97 Å². The zero-order valence-corrected chi connectivity index (χ0v) is 10.3. The Morgan fingerprint density at radius 3 is 3.00 bits per heavy atom. The smallest absolute Gasteiger partial charge is 0.353 e. The van der Waals surface area contributed by atoms with Crippen LogP contribution in [0.15, 0.2) is 18.2 Å². The zero-order valence-electron chi connectivity index (χ0n) is 9.57. The van der Waals surface area contributed by atoms with E-state index < -0.39 is 17.7 Å². The molecule has 1 aliphatic heterocycles. The topological polar surface area (TPSA) is 55.8 Å². The number of fused-ring (bicyclic) bond motifs is 1. The van der Waals surface area contributed by atoms with Crippen molar-refractivity contribution in [2.45, 2.75) is 25.6 Å². The second-order valence-electron chi connectivity index (χ2n) is 4.01. The van der Waals surface area contributed by atoms with Gasteiger partial charge in [-0.1, -0.05) is 11.6 Å². The fourth-order valence-corrected chi connectivity index (χ4v) is 2.02. The molecule has 17 heavy (non-hydrogen) atoms. The Morgan fingerprint density at radius 1 is 1.65 bits per heavy atom. The maximum atomic E-state index is 11.8. The Morgan fingerprint density at radius 2 is 2.35 bits per heavy atom. The van der Waals surface area contributed by atoms with E-state index in [0.29, 0.717) is 16.3 Å². The summed E-state index contributed by atoms with van der Waals surface area (Å²) in [5, 5.41) is 10.6. The number of aliphatic hydroxyl groups excluding tert-OH is 1. The van der Waals surface area contributed by atoms with E-state index >= 15 is 0 Å². The predicted octanol–water partition coefficient (Wildman–Crippen LogP) is 2.09. The highest BCUT2D eigenvalue weighted by Gasteiger charge is 2.51. The van der Waals surface area contributed by atoms with Gasteiger partial charge in [-0.05, 0) is 32.0 Å². The lowest BCUT2D eigenvalue weighted by Crippen LogP contribution is -2.44. The molecule has 0 aliphatic carbocycles. The minimum Gasteiger partial charge on any atom is -0.472 e. The molecule has 2 unspecified atom stereocenters. The summed E-state index contributed by atoms with van der Waals surface area (Å²) in [7, 11) is 0. The van der Waals surface area contributed by atoms with Crippen LogP contribution in [0.2, 0.25) is 5.02 Å². The van der Waals surface area contributed by atoms with Crippen LogP contribution in [0.5, 0.6) is 5.75 Å². The molecule has 0 amide bonds. The molecule has 92 valence electrons. The van der Waals surface area contributed by atoms with Crippen LogP contribution in [-0.4, -0.2) is 23.3 Å². The van der Waals surface area contributed by atoms with Crippen molar-refractivity contribution in [3.05, 3.63) is 28.8 Å². The van der Waals surface area contributed by atoms with Crippen LogP contribution in [0.25, 0.3) is 0 Å². The maximum absolute atomic E-state index is 11.8. The Balaban J connectivity index is 2.36. The maximum Gasteiger partial charge on any atom is 0.353 e. The molecule has 4 nitrogen and oxygen atoms in total. The molecule has 1 N–H and O–H groups in total. The summed E-state index contributed by atoms with van der Waals surface area (Å²) in [6, 6.07) is 4.86. The molecule has 1 aromatic rings. The molecular formula is C12H13ClO4. The third-order valence-corrected chi connectivity index (χ3v) is 3.03. The Kier molecular flexibility index (Phi) is 3.02. The van der Waals surface area contributed by atoms with E-state index in [1.165, 1.54) is 6.92 Å². The number of carbonyl (C=O) groups is 1. The van der Waals surface area contributed by atoms with Gasteiger partial charge in [0.05, 0.1) is 6.61 Å². The number of ether oxygens (including phenoxy) is 2. The third-order valence-electron chi connectivity index (χ3n) is 2.79. The van der Waals surface area contributed by atoms with Gasteiger partial charge in [0, 0.05) is 10.6 Å². The van der Waals surface area contributed by atoms with Crippen LogP contribution < -0.4 is 4.74 Å². The second kappa shape index (κ2) is 4.20. The summed E-state index contributed by atoms with van der Waals surface area (Å²) < 4.78 is 10.4. The quantitative estimate of drug-likeness (QED) is 0.824. The van der Waals surface area contributed by atoms with Crippen molar-refractivity contribution in [3.63, 3.8) is 0 Å². The first-order valence-corrected chi connectivity index (χ1v) is 5.70. The molecule has 0 aromatic heterocycles. The van der Waals surface area contributed by atoms with Crippen LogP contribution in [-0.2, 0) is 9.53 Å². The van der Waals surface area contributed by atoms with Gasteiger partial charge in [0.2, 0.25) is 5.60 Å². The summed E-state index contributed by atoms with van der Waals surface area (Å²) in [6.07, 6.45) is -1.07. The largest absolute Gasteiger partial charge is 0.472 e. The number of halogens is 1. The van der Waals surface area contributed by atoms with Crippen molar-refractivity contribution in [3.8, 4) is 5.75 Å². The standard InChI is InChI=1S/C12H13ClO4/c1-3-16-11(15)12(2)10(14)8-6-7(13)4-5-9(8)17-12/h4-6,10,14H,3H2,1-2H3. The van der Waals surface area contributed by atoms with Gasteiger partial charge in [0.15, 0.2) is 0 Å². The molecule has 0 saturated carbocycles. The molecule has 2 atom stereocenters. The van der Waals surface area contributed by atoms with Gasteiger partial charge in [-0.3, -0.25) is 0 Å².